The first-order chi connectivity index (χ1) is 11.8. The van der Waals surface area contributed by atoms with E-state index in [0.29, 0.717) is 25.2 Å². The Kier molecular flexibility index (Phi) is 4.64. The number of nitrogens with zero attached hydrogens (tertiary/aromatic N) is 3. The van der Waals surface area contributed by atoms with Crippen LogP contribution in [0.1, 0.15) is 49.2 Å². The van der Waals surface area contributed by atoms with Crippen LogP contribution in [0.15, 0.2) is 30.5 Å². The second-order valence-corrected chi connectivity index (χ2v) is 7.48. The average Bonchev–Trinajstić information content (AvgIpc) is 3.20. The van der Waals surface area contributed by atoms with Crippen molar-refractivity contribution in [3.8, 4) is 5.69 Å². The molecule has 2 N–H and O–H groups in total. The van der Waals surface area contributed by atoms with Crippen molar-refractivity contribution in [2.45, 2.75) is 33.1 Å². The molecule has 1 saturated heterocycles. The lowest BCUT2D eigenvalue weighted by molar-refractivity contribution is 0.0775. The summed E-state index contributed by atoms with van der Waals surface area (Å²) in [4.78, 5) is 14.9. The van der Waals surface area contributed by atoms with Crippen LogP contribution in [-0.4, -0.2) is 40.2 Å². The lowest BCUT2D eigenvalue weighted by Crippen LogP contribution is -2.34. The molecule has 1 amide bonds. The van der Waals surface area contributed by atoms with E-state index in [9.17, 15) is 9.18 Å². The van der Waals surface area contributed by atoms with Gasteiger partial charge in [0.2, 0.25) is 0 Å². The van der Waals surface area contributed by atoms with Crippen molar-refractivity contribution in [1.29, 1.82) is 0 Å². The maximum Gasteiger partial charge on any atom is 0.257 e. The fourth-order valence-electron chi connectivity index (χ4n) is 3.40. The van der Waals surface area contributed by atoms with Crippen molar-refractivity contribution in [1.82, 2.24) is 14.7 Å². The largest absolute Gasteiger partial charge is 0.338 e. The second kappa shape index (κ2) is 6.59. The number of rotatable bonds is 4. The summed E-state index contributed by atoms with van der Waals surface area (Å²) in [5.41, 5.74) is 8.05. The van der Waals surface area contributed by atoms with E-state index in [1.807, 2.05) is 18.7 Å². The summed E-state index contributed by atoms with van der Waals surface area (Å²) < 4.78 is 14.9. The van der Waals surface area contributed by atoms with E-state index >= 15 is 0 Å². The number of carbonyl (C=O) groups excluding carboxylic acids is 1. The Labute approximate surface area is 147 Å². The average molecular weight is 344 g/mol. The van der Waals surface area contributed by atoms with E-state index in [1.54, 1.807) is 23.0 Å². The van der Waals surface area contributed by atoms with Crippen molar-refractivity contribution in [2.75, 3.05) is 19.6 Å². The molecular weight excluding hydrogens is 319 g/mol. The molecular formula is C19H25FN4O. The summed E-state index contributed by atoms with van der Waals surface area (Å²) >= 11 is 0. The highest BCUT2D eigenvalue weighted by molar-refractivity contribution is 5.95. The summed E-state index contributed by atoms with van der Waals surface area (Å²) in [7, 11) is 0. The monoisotopic (exact) mass is 344 g/mol. The van der Waals surface area contributed by atoms with Crippen molar-refractivity contribution >= 4 is 5.91 Å². The molecule has 134 valence electrons. The first-order valence-corrected chi connectivity index (χ1v) is 8.68. The SMILES string of the molecule is CC(C)c1c(C(=O)N2CCC(C)(CN)C2)cnn1-c1ccc(F)cc1. The smallest absolute Gasteiger partial charge is 0.257 e. The molecule has 1 atom stereocenters. The zero-order valence-corrected chi connectivity index (χ0v) is 15.0. The minimum Gasteiger partial charge on any atom is -0.338 e. The molecule has 0 spiro atoms. The number of amides is 1. The number of benzene rings is 1. The number of nitrogens with two attached hydrogens (primary N) is 1. The molecule has 2 aromatic rings. The van der Waals surface area contributed by atoms with E-state index in [4.69, 9.17) is 5.73 Å². The normalized spacial score (nSPS) is 20.5. The van der Waals surface area contributed by atoms with Gasteiger partial charge in [-0.05, 0) is 48.6 Å². The number of hydrogen-bond acceptors (Lipinski definition) is 3. The number of halogens is 1. The number of hydrogen-bond donors (Lipinski definition) is 1. The Bertz CT molecular complexity index is 768. The maximum absolute atomic E-state index is 13.2. The first kappa shape index (κ1) is 17.6. The van der Waals surface area contributed by atoms with Gasteiger partial charge in [-0.25, -0.2) is 9.07 Å². The summed E-state index contributed by atoms with van der Waals surface area (Å²) in [5, 5.41) is 4.41. The van der Waals surface area contributed by atoms with Crippen molar-refractivity contribution in [2.24, 2.45) is 11.1 Å². The summed E-state index contributed by atoms with van der Waals surface area (Å²) in [6.07, 6.45) is 2.54. The van der Waals surface area contributed by atoms with Crippen molar-refractivity contribution < 1.29 is 9.18 Å². The van der Waals surface area contributed by atoms with Crippen LogP contribution >= 0.6 is 0 Å². The highest BCUT2D eigenvalue weighted by Crippen LogP contribution is 2.31. The van der Waals surface area contributed by atoms with Gasteiger partial charge in [-0.2, -0.15) is 5.10 Å². The molecule has 0 bridgehead atoms. The Morgan fingerprint density at radius 3 is 2.60 bits per heavy atom. The van der Waals surface area contributed by atoms with E-state index in [0.717, 1.165) is 17.8 Å². The van der Waals surface area contributed by atoms with E-state index in [2.05, 4.69) is 12.0 Å². The zero-order chi connectivity index (χ0) is 18.2. The summed E-state index contributed by atoms with van der Waals surface area (Å²) in [6, 6.07) is 6.14. The fraction of sp³-hybridized carbons (Fsp3) is 0.474. The van der Waals surface area contributed by atoms with Gasteiger partial charge >= 0.3 is 0 Å². The number of carbonyl (C=O) groups is 1. The van der Waals surface area contributed by atoms with Gasteiger partial charge < -0.3 is 10.6 Å². The van der Waals surface area contributed by atoms with Gasteiger partial charge in [0.15, 0.2) is 0 Å². The summed E-state index contributed by atoms with van der Waals surface area (Å²) in [5.74, 6) is -0.194. The third-order valence-electron chi connectivity index (χ3n) is 4.99. The van der Waals surface area contributed by atoms with Crippen molar-refractivity contribution in [3.05, 3.63) is 47.5 Å². The van der Waals surface area contributed by atoms with Gasteiger partial charge in [0.25, 0.3) is 5.91 Å². The highest BCUT2D eigenvalue weighted by atomic mass is 19.1. The molecule has 0 aliphatic carbocycles. The van der Waals surface area contributed by atoms with E-state index in [-0.39, 0.29) is 23.1 Å². The molecule has 0 radical (unpaired) electrons. The molecule has 3 rings (SSSR count). The topological polar surface area (TPSA) is 64.2 Å². The maximum atomic E-state index is 13.2. The van der Waals surface area contributed by atoms with Crippen LogP contribution in [0.4, 0.5) is 4.39 Å². The van der Waals surface area contributed by atoms with Gasteiger partial charge in [0.1, 0.15) is 5.82 Å². The molecule has 1 aliphatic heterocycles. The molecule has 1 aromatic heterocycles. The molecule has 0 saturated carbocycles. The van der Waals surface area contributed by atoms with Gasteiger partial charge in [0, 0.05) is 13.1 Å². The minimum absolute atomic E-state index is 0.00534. The van der Waals surface area contributed by atoms with Crippen LogP contribution < -0.4 is 5.73 Å². The predicted molar refractivity (Wildman–Crippen MR) is 95.3 cm³/mol. The van der Waals surface area contributed by atoms with Crippen LogP contribution in [0, 0.1) is 11.2 Å². The lowest BCUT2D eigenvalue weighted by Gasteiger charge is -2.23. The molecule has 1 aromatic carbocycles. The molecule has 5 nitrogen and oxygen atoms in total. The molecule has 2 heterocycles. The van der Waals surface area contributed by atoms with Crippen LogP contribution in [0.25, 0.3) is 5.69 Å². The van der Waals surface area contributed by atoms with Gasteiger partial charge in [0.05, 0.1) is 23.1 Å². The Morgan fingerprint density at radius 2 is 2.04 bits per heavy atom. The Balaban J connectivity index is 1.95. The van der Waals surface area contributed by atoms with Crippen LogP contribution in [-0.2, 0) is 0 Å². The van der Waals surface area contributed by atoms with Crippen LogP contribution in [0.5, 0.6) is 0 Å². The van der Waals surface area contributed by atoms with Gasteiger partial charge in [-0.3, -0.25) is 4.79 Å². The third kappa shape index (κ3) is 3.31. The number of likely N-dealkylation sites (tertiary alicyclic amines) is 1. The molecule has 1 unspecified atom stereocenters. The second-order valence-electron chi connectivity index (χ2n) is 7.48. The quantitative estimate of drug-likeness (QED) is 0.927. The molecule has 1 fully saturated rings. The van der Waals surface area contributed by atoms with Crippen molar-refractivity contribution in [3.63, 3.8) is 0 Å². The van der Waals surface area contributed by atoms with E-state index in [1.165, 1.54) is 12.1 Å². The standard InChI is InChI=1S/C19H25FN4O/c1-13(2)17-16(18(25)23-9-8-19(3,11-21)12-23)10-22-24(17)15-6-4-14(20)5-7-15/h4-7,10,13H,8-9,11-12,21H2,1-3H3. The number of aromatic nitrogens is 2. The lowest BCUT2D eigenvalue weighted by atomic mass is 9.90. The molecule has 6 heteroatoms. The van der Waals surface area contributed by atoms with Gasteiger partial charge in [-0.15, -0.1) is 0 Å². The Morgan fingerprint density at radius 1 is 1.36 bits per heavy atom. The molecule has 25 heavy (non-hydrogen) atoms. The minimum atomic E-state index is -0.295. The van der Waals surface area contributed by atoms with Crippen LogP contribution in [0.2, 0.25) is 0 Å². The fourth-order valence-corrected chi connectivity index (χ4v) is 3.40. The Hall–Kier alpha value is -2.21. The predicted octanol–water partition coefficient (Wildman–Crippen LogP) is 2.95. The summed E-state index contributed by atoms with van der Waals surface area (Å²) in [6.45, 7) is 8.13. The third-order valence-corrected chi connectivity index (χ3v) is 4.99. The first-order valence-electron chi connectivity index (χ1n) is 8.68. The van der Waals surface area contributed by atoms with E-state index < -0.39 is 0 Å². The highest BCUT2D eigenvalue weighted by Gasteiger charge is 2.36. The molecule has 1 aliphatic rings. The van der Waals surface area contributed by atoms with Crippen LogP contribution in [0.3, 0.4) is 0 Å². The zero-order valence-electron chi connectivity index (χ0n) is 15.0. The van der Waals surface area contributed by atoms with Gasteiger partial charge in [-0.1, -0.05) is 20.8 Å².